The van der Waals surface area contributed by atoms with Gasteiger partial charge in [-0.2, -0.15) is 13.2 Å². The van der Waals surface area contributed by atoms with E-state index in [0.29, 0.717) is 18.0 Å². The first-order valence-electron chi connectivity index (χ1n) is 12.9. The van der Waals surface area contributed by atoms with Crippen LogP contribution in [-0.2, 0) is 18.4 Å². The molecule has 1 aliphatic heterocycles. The molecule has 220 valence electrons. The normalized spacial score (nSPS) is 20.6. The van der Waals surface area contributed by atoms with E-state index in [1.54, 1.807) is 20.0 Å². The number of carbonyl (C=O) groups is 1. The van der Waals surface area contributed by atoms with Gasteiger partial charge in [-0.3, -0.25) is 9.78 Å². The highest BCUT2D eigenvalue weighted by atomic mass is 32.1. The fourth-order valence-electron chi connectivity index (χ4n) is 4.56. The number of aliphatic imine (C=N–C) groups is 1. The lowest BCUT2D eigenvalue weighted by Gasteiger charge is -2.27. The minimum atomic E-state index is -4.73. The summed E-state index contributed by atoms with van der Waals surface area (Å²) in [6.45, 7) is 3.50. The number of allylic oxidation sites excluding steroid dienone is 3. The van der Waals surface area contributed by atoms with E-state index in [4.69, 9.17) is 5.73 Å². The molecular weight excluding hydrogens is 577 g/mol. The van der Waals surface area contributed by atoms with Gasteiger partial charge in [0.2, 0.25) is 0 Å². The number of rotatable bonds is 7. The second-order valence-corrected chi connectivity index (χ2v) is 11.3. The van der Waals surface area contributed by atoms with Crippen LogP contribution in [0.2, 0.25) is 0 Å². The summed E-state index contributed by atoms with van der Waals surface area (Å²) in [5.74, 6) is -3.50. The Kier molecular flexibility index (Phi) is 7.86. The van der Waals surface area contributed by atoms with Gasteiger partial charge in [0.1, 0.15) is 11.5 Å². The van der Waals surface area contributed by atoms with Crippen LogP contribution in [0.3, 0.4) is 0 Å². The van der Waals surface area contributed by atoms with E-state index in [1.807, 2.05) is 18.2 Å². The number of nitrogens with one attached hydrogen (secondary N) is 3. The highest BCUT2D eigenvalue weighted by Gasteiger charge is 2.33. The van der Waals surface area contributed by atoms with Crippen molar-refractivity contribution in [1.82, 2.24) is 15.3 Å². The van der Waals surface area contributed by atoms with Crippen LogP contribution in [0.5, 0.6) is 0 Å². The van der Waals surface area contributed by atoms with E-state index >= 15 is 0 Å². The SMILES string of the molecule is C[C@H](NC(=O)c1cc(C(F)(F)F)cnc1NCc1ccc(-c2cc3c(cn2)NC=NC3(C)N)s1)C1C=C(F)C(F)=CC1. The van der Waals surface area contributed by atoms with Crippen molar-refractivity contribution in [2.24, 2.45) is 16.6 Å². The third-order valence-electron chi connectivity index (χ3n) is 6.96. The van der Waals surface area contributed by atoms with Crippen LogP contribution in [0, 0.1) is 5.92 Å². The van der Waals surface area contributed by atoms with Crippen LogP contribution in [0.4, 0.5) is 33.5 Å². The van der Waals surface area contributed by atoms with Gasteiger partial charge in [0.05, 0.1) is 46.5 Å². The molecule has 8 nitrogen and oxygen atoms in total. The van der Waals surface area contributed by atoms with E-state index in [1.165, 1.54) is 17.7 Å². The van der Waals surface area contributed by atoms with Crippen LogP contribution in [0.1, 0.15) is 46.6 Å². The number of amides is 1. The number of nitrogens with zero attached hydrogens (tertiary/aromatic N) is 3. The fraction of sp³-hybridized carbons (Fsp3) is 0.286. The molecule has 0 spiro atoms. The average molecular weight is 604 g/mol. The van der Waals surface area contributed by atoms with Gasteiger partial charge in [-0.05, 0) is 56.7 Å². The molecule has 1 aliphatic carbocycles. The number of nitrogens with two attached hydrogens (primary N) is 1. The number of fused-ring (bicyclic) bond motifs is 1. The van der Waals surface area contributed by atoms with Gasteiger partial charge in [0, 0.05) is 28.6 Å². The quantitative estimate of drug-likeness (QED) is 0.237. The highest BCUT2D eigenvalue weighted by Crippen LogP contribution is 2.35. The van der Waals surface area contributed by atoms with Gasteiger partial charge in [0.15, 0.2) is 11.7 Å². The minimum Gasteiger partial charge on any atom is -0.365 e. The molecule has 4 heterocycles. The van der Waals surface area contributed by atoms with Crippen molar-refractivity contribution in [2.75, 3.05) is 10.6 Å². The highest BCUT2D eigenvalue weighted by molar-refractivity contribution is 7.15. The molecule has 3 atom stereocenters. The zero-order valence-corrected chi connectivity index (χ0v) is 23.2. The van der Waals surface area contributed by atoms with Crippen molar-refractivity contribution < 1.29 is 26.7 Å². The van der Waals surface area contributed by atoms with E-state index < -0.39 is 46.9 Å². The number of halogens is 5. The maximum absolute atomic E-state index is 13.7. The summed E-state index contributed by atoms with van der Waals surface area (Å²) < 4.78 is 67.5. The molecule has 14 heteroatoms. The number of anilines is 2. The number of pyridine rings is 2. The largest absolute Gasteiger partial charge is 0.417 e. The average Bonchev–Trinajstić information content (AvgIpc) is 3.41. The van der Waals surface area contributed by atoms with Crippen molar-refractivity contribution in [3.8, 4) is 10.6 Å². The van der Waals surface area contributed by atoms with Crippen LogP contribution in [0.15, 0.2) is 65.5 Å². The summed E-state index contributed by atoms with van der Waals surface area (Å²) in [6, 6.07) is 5.55. The molecule has 0 aromatic carbocycles. The molecule has 5 N–H and O–H groups in total. The lowest BCUT2D eigenvalue weighted by Crippen LogP contribution is -2.38. The van der Waals surface area contributed by atoms with Crippen molar-refractivity contribution >= 4 is 35.1 Å². The minimum absolute atomic E-state index is 0.0614. The summed E-state index contributed by atoms with van der Waals surface area (Å²) in [5, 5.41) is 8.56. The predicted octanol–water partition coefficient (Wildman–Crippen LogP) is 6.27. The molecular formula is C28H26F5N7OS. The lowest BCUT2D eigenvalue weighted by molar-refractivity contribution is -0.137. The number of hydrogen-bond donors (Lipinski definition) is 4. The summed E-state index contributed by atoms with van der Waals surface area (Å²) >= 11 is 1.40. The van der Waals surface area contributed by atoms with Gasteiger partial charge in [-0.1, -0.05) is 0 Å². The summed E-state index contributed by atoms with van der Waals surface area (Å²) in [5.41, 5.74) is 6.14. The lowest BCUT2D eigenvalue weighted by atomic mass is 9.92. The first kappa shape index (κ1) is 29.3. The molecule has 3 aromatic rings. The van der Waals surface area contributed by atoms with Gasteiger partial charge >= 0.3 is 6.18 Å². The molecule has 0 radical (unpaired) electrons. The molecule has 5 rings (SSSR count). The van der Waals surface area contributed by atoms with E-state index in [2.05, 4.69) is 30.9 Å². The van der Waals surface area contributed by atoms with Crippen molar-refractivity contribution in [3.63, 3.8) is 0 Å². The van der Waals surface area contributed by atoms with E-state index in [0.717, 1.165) is 33.2 Å². The summed E-state index contributed by atoms with van der Waals surface area (Å²) in [7, 11) is 0. The standard InChI is InChI=1S/C28H26F5N7OS/c1-14(15-3-5-20(29)21(30)7-15)40-26(41)18-8-16(28(31,32)33)10-36-25(18)37-11-17-4-6-24(42-17)22-9-19-23(12-35-22)38-13-39-27(19,2)34/h4-10,12-15H,3,11,34H2,1-2H3,(H,36,37)(H,38,39)(H,40,41)/t14-,15?,27?/m0/s1. The molecule has 2 unspecified atom stereocenters. The molecule has 0 saturated heterocycles. The fourth-order valence-corrected chi connectivity index (χ4v) is 5.47. The Morgan fingerprint density at radius 2 is 2.00 bits per heavy atom. The van der Waals surface area contributed by atoms with Gasteiger partial charge in [-0.25, -0.2) is 18.8 Å². The van der Waals surface area contributed by atoms with Crippen molar-refractivity contribution in [3.05, 3.63) is 82.0 Å². The Morgan fingerprint density at radius 3 is 2.74 bits per heavy atom. The maximum Gasteiger partial charge on any atom is 0.417 e. The van der Waals surface area contributed by atoms with Crippen molar-refractivity contribution in [2.45, 2.75) is 44.7 Å². The molecule has 3 aromatic heterocycles. The monoisotopic (exact) mass is 603 g/mol. The van der Waals surface area contributed by atoms with E-state index in [9.17, 15) is 26.7 Å². The smallest absolute Gasteiger partial charge is 0.365 e. The second-order valence-electron chi connectivity index (χ2n) is 10.1. The molecule has 2 aliphatic rings. The van der Waals surface area contributed by atoms with Crippen LogP contribution >= 0.6 is 11.3 Å². The topological polar surface area (TPSA) is 117 Å². The van der Waals surface area contributed by atoms with Crippen LogP contribution in [0.25, 0.3) is 10.6 Å². The van der Waals surface area contributed by atoms with Crippen LogP contribution in [-0.4, -0.2) is 28.3 Å². The van der Waals surface area contributed by atoms with Gasteiger partial charge < -0.3 is 21.7 Å². The third-order valence-corrected chi connectivity index (χ3v) is 8.07. The molecule has 0 saturated carbocycles. The Morgan fingerprint density at radius 1 is 1.21 bits per heavy atom. The predicted molar refractivity (Wildman–Crippen MR) is 151 cm³/mol. The summed E-state index contributed by atoms with van der Waals surface area (Å²) in [6.07, 6.45) is 1.35. The zero-order valence-electron chi connectivity index (χ0n) is 22.4. The number of hydrogen-bond acceptors (Lipinski definition) is 8. The Hall–Kier alpha value is -4.17. The first-order chi connectivity index (χ1) is 19.8. The Labute approximate surface area is 241 Å². The number of carbonyl (C=O) groups excluding carboxylic acids is 1. The Balaban J connectivity index is 1.33. The molecule has 1 amide bonds. The molecule has 0 fully saturated rings. The Bertz CT molecular complexity index is 1610. The third kappa shape index (κ3) is 6.19. The van der Waals surface area contributed by atoms with Gasteiger partial charge in [-0.15, -0.1) is 11.3 Å². The number of alkyl halides is 3. The second kappa shape index (κ2) is 11.2. The first-order valence-corrected chi connectivity index (χ1v) is 13.7. The number of aromatic nitrogens is 2. The molecule has 42 heavy (non-hydrogen) atoms. The number of thiophene rings is 1. The van der Waals surface area contributed by atoms with E-state index in [-0.39, 0.29) is 24.3 Å². The van der Waals surface area contributed by atoms with Crippen LogP contribution < -0.4 is 21.7 Å². The van der Waals surface area contributed by atoms with Gasteiger partial charge in [0.25, 0.3) is 5.91 Å². The summed E-state index contributed by atoms with van der Waals surface area (Å²) in [4.78, 5) is 27.4. The maximum atomic E-state index is 13.7. The van der Waals surface area contributed by atoms with Crippen molar-refractivity contribution in [1.29, 1.82) is 0 Å². The zero-order chi connectivity index (χ0) is 30.2. The molecule has 0 bridgehead atoms.